The highest BCUT2D eigenvalue weighted by Gasteiger charge is 2.13. The molecule has 0 aliphatic carbocycles. The van der Waals surface area contributed by atoms with Crippen LogP contribution in [0.5, 0.6) is 0 Å². The Morgan fingerprint density at radius 1 is 0.325 bits per heavy atom. The summed E-state index contributed by atoms with van der Waals surface area (Å²) in [6.45, 7) is 2.12. The Bertz CT molecular complexity index is 1660. The fourth-order valence-electron chi connectivity index (χ4n) is 5.06. The summed E-state index contributed by atoms with van der Waals surface area (Å²) >= 11 is 0. The number of rotatable bonds is 7. The van der Waals surface area contributed by atoms with Gasteiger partial charge in [0.1, 0.15) is 0 Å². The van der Waals surface area contributed by atoms with E-state index in [-0.39, 0.29) is 0 Å². The highest BCUT2D eigenvalue weighted by atomic mass is 15.1. The van der Waals surface area contributed by atoms with Crippen molar-refractivity contribution in [2.75, 3.05) is 16.8 Å². The number of anilines is 5. The molecule has 0 aliphatic heterocycles. The lowest BCUT2D eigenvalue weighted by atomic mass is 10.0. The van der Waals surface area contributed by atoms with Gasteiger partial charge in [-0.3, -0.25) is 0 Å². The Morgan fingerprint density at radius 2 is 0.650 bits per heavy atom. The number of aryl methyl sites for hydroxylation is 1. The van der Waals surface area contributed by atoms with Gasteiger partial charge in [0.15, 0.2) is 0 Å². The minimum absolute atomic E-state index is 1.12. The molecule has 6 aromatic rings. The van der Waals surface area contributed by atoms with Crippen LogP contribution >= 0.6 is 0 Å². The standard InChI is InChI=1S/C38H32N2/c1-29-13-21-34(22-14-29)39(2)35-23-15-32(16-24-35)33-19-27-38(28-20-33)40(36-11-7-4-8-12-36)37-25-17-31(18-26-37)30-9-5-3-6-10-30/h3-28H,1-2H3. The third-order valence-electron chi connectivity index (χ3n) is 7.38. The first-order valence-electron chi connectivity index (χ1n) is 13.7. The molecular formula is C38H32N2. The van der Waals surface area contributed by atoms with Gasteiger partial charge in [-0.2, -0.15) is 0 Å². The van der Waals surface area contributed by atoms with Gasteiger partial charge in [-0.25, -0.2) is 0 Å². The monoisotopic (exact) mass is 516 g/mol. The largest absolute Gasteiger partial charge is 0.345 e. The molecule has 6 rings (SSSR count). The van der Waals surface area contributed by atoms with Crippen LogP contribution in [0, 0.1) is 6.92 Å². The lowest BCUT2D eigenvalue weighted by molar-refractivity contribution is 1.20. The summed E-state index contributed by atoms with van der Waals surface area (Å²) in [5.41, 5.74) is 11.8. The van der Waals surface area contributed by atoms with E-state index in [1.165, 1.54) is 39.2 Å². The number of hydrogen-bond acceptors (Lipinski definition) is 2. The van der Waals surface area contributed by atoms with Crippen LogP contribution in [0.2, 0.25) is 0 Å². The average molecular weight is 517 g/mol. The van der Waals surface area contributed by atoms with Gasteiger partial charge in [0, 0.05) is 35.5 Å². The lowest BCUT2D eigenvalue weighted by Crippen LogP contribution is -2.09. The second-order valence-electron chi connectivity index (χ2n) is 10.1. The molecular weight excluding hydrogens is 484 g/mol. The number of nitrogens with zero attached hydrogens (tertiary/aromatic N) is 2. The van der Waals surface area contributed by atoms with Crippen molar-refractivity contribution in [1.29, 1.82) is 0 Å². The number of hydrogen-bond donors (Lipinski definition) is 0. The van der Waals surface area contributed by atoms with Crippen molar-refractivity contribution < 1.29 is 0 Å². The van der Waals surface area contributed by atoms with E-state index in [2.05, 4.69) is 181 Å². The quantitative estimate of drug-likeness (QED) is 0.208. The maximum absolute atomic E-state index is 2.30. The molecule has 0 heterocycles. The smallest absolute Gasteiger partial charge is 0.0462 e. The molecule has 0 aliphatic rings. The van der Waals surface area contributed by atoms with Crippen LogP contribution < -0.4 is 9.80 Å². The minimum Gasteiger partial charge on any atom is -0.345 e. The molecule has 2 nitrogen and oxygen atoms in total. The zero-order valence-electron chi connectivity index (χ0n) is 22.9. The van der Waals surface area contributed by atoms with E-state index in [1.54, 1.807) is 0 Å². The number of para-hydroxylation sites is 1. The molecule has 2 heteroatoms. The summed E-state index contributed by atoms with van der Waals surface area (Å²) in [4.78, 5) is 4.52. The first-order chi connectivity index (χ1) is 19.7. The van der Waals surface area contributed by atoms with Crippen molar-refractivity contribution >= 4 is 28.4 Å². The third-order valence-corrected chi connectivity index (χ3v) is 7.38. The SMILES string of the molecule is Cc1ccc(N(C)c2ccc(-c3ccc(N(c4ccccc4)c4ccc(-c5ccccc5)cc4)cc3)cc2)cc1. The first kappa shape index (κ1) is 25.2. The first-order valence-corrected chi connectivity index (χ1v) is 13.7. The average Bonchev–Trinajstić information content (AvgIpc) is 3.03. The maximum Gasteiger partial charge on any atom is 0.0462 e. The second kappa shape index (κ2) is 11.3. The highest BCUT2D eigenvalue weighted by Crippen LogP contribution is 2.37. The van der Waals surface area contributed by atoms with E-state index < -0.39 is 0 Å². The fourth-order valence-corrected chi connectivity index (χ4v) is 5.06. The molecule has 194 valence electrons. The molecule has 0 atom stereocenters. The van der Waals surface area contributed by atoms with Crippen LogP contribution in [0.25, 0.3) is 22.3 Å². The molecule has 0 spiro atoms. The van der Waals surface area contributed by atoms with Gasteiger partial charge in [0.05, 0.1) is 0 Å². The van der Waals surface area contributed by atoms with E-state index in [0.717, 1.165) is 17.1 Å². The predicted octanol–water partition coefficient (Wildman–Crippen LogP) is 10.6. The van der Waals surface area contributed by atoms with Crippen molar-refractivity contribution in [3.8, 4) is 22.3 Å². The second-order valence-corrected chi connectivity index (χ2v) is 10.1. The van der Waals surface area contributed by atoms with Crippen LogP contribution in [0.15, 0.2) is 158 Å². The predicted molar refractivity (Wildman–Crippen MR) is 171 cm³/mol. The molecule has 0 radical (unpaired) electrons. The summed E-state index contributed by atoms with van der Waals surface area (Å²) in [5, 5.41) is 0. The Kier molecular flexibility index (Phi) is 7.15. The van der Waals surface area contributed by atoms with Gasteiger partial charge in [-0.15, -0.1) is 0 Å². The third kappa shape index (κ3) is 5.39. The maximum atomic E-state index is 2.30. The minimum atomic E-state index is 1.12. The van der Waals surface area contributed by atoms with Gasteiger partial charge in [-0.1, -0.05) is 103 Å². The summed E-state index contributed by atoms with van der Waals surface area (Å²) < 4.78 is 0. The van der Waals surface area contributed by atoms with Crippen LogP contribution in [-0.4, -0.2) is 7.05 Å². The zero-order valence-corrected chi connectivity index (χ0v) is 22.9. The van der Waals surface area contributed by atoms with Gasteiger partial charge < -0.3 is 9.80 Å². The topological polar surface area (TPSA) is 6.48 Å². The van der Waals surface area contributed by atoms with E-state index >= 15 is 0 Å². The van der Waals surface area contributed by atoms with E-state index in [9.17, 15) is 0 Å². The lowest BCUT2D eigenvalue weighted by Gasteiger charge is -2.26. The van der Waals surface area contributed by atoms with Crippen molar-refractivity contribution in [2.24, 2.45) is 0 Å². The molecule has 0 aromatic heterocycles. The van der Waals surface area contributed by atoms with E-state index in [0.29, 0.717) is 0 Å². The molecule has 0 saturated carbocycles. The van der Waals surface area contributed by atoms with Gasteiger partial charge >= 0.3 is 0 Å². The van der Waals surface area contributed by atoms with Gasteiger partial charge in [-0.05, 0) is 89.8 Å². The van der Waals surface area contributed by atoms with E-state index in [4.69, 9.17) is 0 Å². The summed E-state index contributed by atoms with van der Waals surface area (Å²) in [6, 6.07) is 56.1. The Balaban J connectivity index is 1.26. The molecule has 0 saturated heterocycles. The zero-order chi connectivity index (χ0) is 27.3. The van der Waals surface area contributed by atoms with Crippen LogP contribution in [0.4, 0.5) is 28.4 Å². The summed E-state index contributed by atoms with van der Waals surface area (Å²) in [6.07, 6.45) is 0. The van der Waals surface area contributed by atoms with Crippen LogP contribution in [0.3, 0.4) is 0 Å². The van der Waals surface area contributed by atoms with Crippen LogP contribution in [0.1, 0.15) is 5.56 Å². The number of benzene rings is 6. The Morgan fingerprint density at radius 3 is 1.10 bits per heavy atom. The van der Waals surface area contributed by atoms with Crippen molar-refractivity contribution in [1.82, 2.24) is 0 Å². The summed E-state index contributed by atoms with van der Waals surface area (Å²) in [5.74, 6) is 0. The van der Waals surface area contributed by atoms with E-state index in [1.807, 2.05) is 0 Å². The van der Waals surface area contributed by atoms with Crippen LogP contribution in [-0.2, 0) is 0 Å². The van der Waals surface area contributed by atoms with Crippen molar-refractivity contribution in [3.05, 3.63) is 163 Å². The molecule has 0 fully saturated rings. The van der Waals surface area contributed by atoms with Gasteiger partial charge in [0.25, 0.3) is 0 Å². The molecule has 0 N–H and O–H groups in total. The fraction of sp³-hybridized carbons (Fsp3) is 0.0526. The van der Waals surface area contributed by atoms with Crippen molar-refractivity contribution in [2.45, 2.75) is 6.92 Å². The highest BCUT2D eigenvalue weighted by molar-refractivity contribution is 5.80. The Labute approximate surface area is 237 Å². The Hall–Kier alpha value is -5.08. The molecule has 6 aromatic carbocycles. The molecule has 40 heavy (non-hydrogen) atoms. The molecule has 0 amide bonds. The normalized spacial score (nSPS) is 10.8. The van der Waals surface area contributed by atoms with Crippen molar-refractivity contribution in [3.63, 3.8) is 0 Å². The molecule has 0 unspecified atom stereocenters. The molecule has 0 bridgehead atoms. The summed E-state index contributed by atoms with van der Waals surface area (Å²) in [7, 11) is 2.11. The van der Waals surface area contributed by atoms with Gasteiger partial charge in [0.2, 0.25) is 0 Å².